The number of hydrogen-bond donors (Lipinski definition) is 4. The topological polar surface area (TPSA) is 120 Å². The molecular weight excluding hydrogens is 604 g/mol. The summed E-state index contributed by atoms with van der Waals surface area (Å²) >= 11 is 1.92. The molecule has 0 bridgehead atoms. The number of likely N-dealkylation sites (tertiary alicyclic amines) is 1. The van der Waals surface area contributed by atoms with Gasteiger partial charge >= 0.3 is 0 Å². The van der Waals surface area contributed by atoms with Crippen molar-refractivity contribution < 1.29 is 23.6 Å². The first-order valence-electron chi connectivity index (χ1n) is 13.5. The molecule has 1 aromatic rings. The molecule has 2 fully saturated rings. The average molecular weight is 644 g/mol. The first-order chi connectivity index (χ1) is 18.2. The summed E-state index contributed by atoms with van der Waals surface area (Å²) in [6.45, 7) is 4.34. The van der Waals surface area contributed by atoms with Gasteiger partial charge in [0.2, 0.25) is 23.6 Å². The van der Waals surface area contributed by atoms with Gasteiger partial charge in [0.25, 0.3) is 0 Å². The maximum absolute atomic E-state index is 13.8. The third kappa shape index (κ3) is 8.11. The Balaban J connectivity index is 1.76. The minimum atomic E-state index is -0.866. The molecule has 1 aromatic carbocycles. The van der Waals surface area contributed by atoms with Crippen LogP contribution >= 0.6 is 22.9 Å². The van der Waals surface area contributed by atoms with E-state index in [4.69, 9.17) is 0 Å². The Morgan fingerprint density at radius 1 is 1.00 bits per heavy atom. The number of carbonyl (C=O) groups is 4. The van der Waals surface area contributed by atoms with Gasteiger partial charge in [0.1, 0.15) is 23.9 Å². The van der Waals surface area contributed by atoms with Crippen LogP contribution in [0.25, 0.3) is 0 Å². The van der Waals surface area contributed by atoms with Crippen molar-refractivity contribution in [2.75, 3.05) is 13.1 Å². The van der Waals surface area contributed by atoms with Crippen molar-refractivity contribution in [2.45, 2.75) is 89.4 Å². The van der Waals surface area contributed by atoms with Crippen molar-refractivity contribution in [3.63, 3.8) is 0 Å². The van der Waals surface area contributed by atoms with Crippen molar-refractivity contribution in [1.29, 1.82) is 0 Å². The Morgan fingerprint density at radius 2 is 1.68 bits per heavy atom. The summed E-state index contributed by atoms with van der Waals surface area (Å²) in [7, 11) is 0. The normalized spacial score (nSPS) is 20.3. The van der Waals surface area contributed by atoms with Gasteiger partial charge in [-0.2, -0.15) is 0 Å². The minimum Gasteiger partial charge on any atom is -0.355 e. The van der Waals surface area contributed by atoms with Crippen LogP contribution in [-0.4, -0.2) is 65.8 Å². The summed E-state index contributed by atoms with van der Waals surface area (Å²) < 4.78 is 16.2. The standard InChI is InChI=1S/C27H39FIN5O4/c1-3-30-25(36)21(16-18-11-13-20(28)14-12-18)31-26(37)22-10-7-15-34(22)27(38)23(19-8-5-4-6-9-19)32-24(35)17(2)33-29/h11-14,17,19,21-23,33H,3-10,15-16H2,1-2H3,(H,30,36)(H,31,37)(H,32,35). The number of benzene rings is 1. The monoisotopic (exact) mass is 643 g/mol. The molecule has 210 valence electrons. The van der Waals surface area contributed by atoms with E-state index in [0.29, 0.717) is 31.5 Å². The largest absolute Gasteiger partial charge is 0.355 e. The Labute approximate surface area is 237 Å². The number of likely N-dealkylation sites (N-methyl/N-ethyl adjacent to an activating group) is 1. The second kappa shape index (κ2) is 14.8. The maximum Gasteiger partial charge on any atom is 0.246 e. The minimum absolute atomic E-state index is 0.0208. The van der Waals surface area contributed by atoms with Gasteiger partial charge in [0.05, 0.1) is 6.04 Å². The molecule has 11 heteroatoms. The Morgan fingerprint density at radius 3 is 2.32 bits per heavy atom. The van der Waals surface area contributed by atoms with Crippen molar-refractivity contribution in [3.05, 3.63) is 35.6 Å². The molecule has 3 rings (SSSR count). The van der Waals surface area contributed by atoms with E-state index in [1.165, 1.54) is 12.1 Å². The highest BCUT2D eigenvalue weighted by Crippen LogP contribution is 2.29. The van der Waals surface area contributed by atoms with Gasteiger partial charge in [-0.05, 0) is 63.1 Å². The van der Waals surface area contributed by atoms with Crippen molar-refractivity contribution in [3.8, 4) is 0 Å². The van der Waals surface area contributed by atoms with E-state index in [1.54, 1.807) is 30.9 Å². The number of nitrogens with one attached hydrogen (secondary N) is 4. The number of carbonyl (C=O) groups excluding carboxylic acids is 4. The molecular formula is C27H39FIN5O4. The fourth-order valence-corrected chi connectivity index (χ4v) is 5.57. The highest BCUT2D eigenvalue weighted by Gasteiger charge is 2.41. The van der Waals surface area contributed by atoms with Crippen LogP contribution in [0.4, 0.5) is 4.39 Å². The number of rotatable bonds is 11. The zero-order valence-electron chi connectivity index (χ0n) is 22.1. The van der Waals surface area contributed by atoms with E-state index in [0.717, 1.165) is 32.1 Å². The summed E-state index contributed by atoms with van der Waals surface area (Å²) in [5.74, 6) is -1.59. The van der Waals surface area contributed by atoms with Gasteiger partial charge in [-0.1, -0.05) is 31.4 Å². The maximum atomic E-state index is 13.8. The van der Waals surface area contributed by atoms with Crippen LogP contribution < -0.4 is 19.5 Å². The van der Waals surface area contributed by atoms with E-state index in [1.807, 2.05) is 22.9 Å². The predicted molar refractivity (Wildman–Crippen MR) is 151 cm³/mol. The summed E-state index contributed by atoms with van der Waals surface area (Å²) in [5, 5.41) is 8.55. The van der Waals surface area contributed by atoms with Gasteiger partial charge in [-0.15, -0.1) is 0 Å². The zero-order chi connectivity index (χ0) is 27.7. The van der Waals surface area contributed by atoms with Crippen molar-refractivity contribution in [2.24, 2.45) is 5.92 Å². The molecule has 4 amide bonds. The highest BCUT2D eigenvalue weighted by atomic mass is 127. The lowest BCUT2D eigenvalue weighted by Crippen LogP contribution is -2.59. The Kier molecular flexibility index (Phi) is 11.8. The third-order valence-electron chi connectivity index (χ3n) is 7.42. The second-order valence-electron chi connectivity index (χ2n) is 10.2. The van der Waals surface area contributed by atoms with Crippen LogP contribution in [0.5, 0.6) is 0 Å². The summed E-state index contributed by atoms with van der Waals surface area (Å²) in [5.41, 5.74) is 0.709. The number of hydrogen-bond acceptors (Lipinski definition) is 5. The zero-order valence-corrected chi connectivity index (χ0v) is 24.3. The first kappa shape index (κ1) is 30.3. The number of amides is 4. The summed E-state index contributed by atoms with van der Waals surface area (Å²) in [4.78, 5) is 54.4. The molecule has 1 saturated heterocycles. The van der Waals surface area contributed by atoms with Gasteiger partial charge in [0.15, 0.2) is 0 Å². The van der Waals surface area contributed by atoms with Crippen LogP contribution in [0.3, 0.4) is 0 Å². The smallest absolute Gasteiger partial charge is 0.246 e. The molecule has 1 aliphatic heterocycles. The second-order valence-corrected chi connectivity index (χ2v) is 10.8. The molecule has 4 N–H and O–H groups in total. The van der Waals surface area contributed by atoms with Gasteiger partial charge < -0.3 is 20.9 Å². The molecule has 1 aliphatic carbocycles. The van der Waals surface area contributed by atoms with E-state index in [-0.39, 0.29) is 35.9 Å². The number of halogens is 2. The molecule has 0 aromatic heterocycles. The first-order valence-corrected chi connectivity index (χ1v) is 14.6. The third-order valence-corrected chi connectivity index (χ3v) is 8.35. The average Bonchev–Trinajstić information content (AvgIpc) is 3.42. The number of nitrogens with zero attached hydrogens (tertiary/aromatic N) is 1. The van der Waals surface area contributed by atoms with Crippen LogP contribution in [0.15, 0.2) is 24.3 Å². The molecule has 2 aliphatic rings. The van der Waals surface area contributed by atoms with Crippen molar-refractivity contribution in [1.82, 2.24) is 24.4 Å². The summed E-state index contributed by atoms with van der Waals surface area (Å²) in [6.07, 6.45) is 6.16. The molecule has 4 atom stereocenters. The van der Waals surface area contributed by atoms with Gasteiger partial charge in [-0.25, -0.2) is 7.92 Å². The lowest BCUT2D eigenvalue weighted by Gasteiger charge is -2.35. The van der Waals surface area contributed by atoms with E-state index in [2.05, 4.69) is 19.5 Å². The molecule has 4 unspecified atom stereocenters. The molecule has 1 heterocycles. The van der Waals surface area contributed by atoms with Crippen LogP contribution in [0, 0.1) is 11.7 Å². The predicted octanol–water partition coefficient (Wildman–Crippen LogP) is 2.37. The fourth-order valence-electron chi connectivity index (χ4n) is 5.29. The van der Waals surface area contributed by atoms with Gasteiger partial charge in [-0.3, -0.25) is 19.2 Å². The van der Waals surface area contributed by atoms with Crippen LogP contribution in [0.1, 0.15) is 64.4 Å². The molecule has 0 radical (unpaired) electrons. The van der Waals surface area contributed by atoms with Crippen molar-refractivity contribution >= 4 is 46.5 Å². The Hall–Kier alpha value is -2.28. The molecule has 38 heavy (non-hydrogen) atoms. The highest BCUT2D eigenvalue weighted by molar-refractivity contribution is 14.1. The molecule has 9 nitrogen and oxygen atoms in total. The van der Waals surface area contributed by atoms with E-state index in [9.17, 15) is 23.6 Å². The van der Waals surface area contributed by atoms with E-state index >= 15 is 0 Å². The molecule has 0 spiro atoms. The van der Waals surface area contributed by atoms with Gasteiger partial charge in [0, 0.05) is 42.4 Å². The van der Waals surface area contributed by atoms with E-state index < -0.39 is 30.1 Å². The lowest BCUT2D eigenvalue weighted by atomic mass is 9.83. The van der Waals surface area contributed by atoms with Crippen LogP contribution in [-0.2, 0) is 25.6 Å². The quantitative estimate of drug-likeness (QED) is 0.218. The Bertz CT molecular complexity index is 973. The lowest BCUT2D eigenvalue weighted by molar-refractivity contribution is -0.143. The van der Waals surface area contributed by atoms with Crippen LogP contribution in [0.2, 0.25) is 0 Å². The SMILES string of the molecule is CCNC(=O)C(Cc1ccc(F)cc1)NC(=O)C1CCCN1C(=O)C(NC(=O)C(C)NI)C1CCCCC1. The summed E-state index contributed by atoms with van der Waals surface area (Å²) in [6, 6.07) is 3.06. The molecule has 1 saturated carbocycles. The fraction of sp³-hybridized carbons (Fsp3) is 0.630.